The minimum atomic E-state index is -1.41. The first-order valence-electron chi connectivity index (χ1n) is 27.7. The van der Waals surface area contributed by atoms with E-state index in [0.29, 0.717) is 44.2 Å². The normalized spacial score (nSPS) is 29.3. The zero-order chi connectivity index (χ0) is 57.8. The summed E-state index contributed by atoms with van der Waals surface area (Å²) in [6.07, 6.45) is -3.13. The van der Waals surface area contributed by atoms with Gasteiger partial charge in [-0.25, -0.2) is 14.6 Å². The van der Waals surface area contributed by atoms with Gasteiger partial charge in [-0.2, -0.15) is 0 Å². The molecule has 13 atom stereocenters. The highest BCUT2D eigenvalue weighted by Gasteiger charge is 2.51. The Balaban J connectivity index is 1.38. The third kappa shape index (κ3) is 20.0. The Morgan fingerprint density at radius 2 is 1.63 bits per heavy atom. The van der Waals surface area contributed by atoms with Crippen molar-refractivity contribution in [3.05, 3.63) is 72.0 Å². The summed E-state index contributed by atoms with van der Waals surface area (Å²) in [6, 6.07) is 5.99. The number of rotatable bonds is 23. The van der Waals surface area contributed by atoms with Crippen LogP contribution in [0.1, 0.15) is 126 Å². The maximum Gasteiger partial charge on any atom is 0.410 e. The van der Waals surface area contributed by atoms with Gasteiger partial charge in [-0.05, 0) is 133 Å². The first kappa shape index (κ1) is 64.0. The first-order chi connectivity index (χ1) is 36.4. The lowest BCUT2D eigenvalue weighted by Gasteiger charge is -2.49. The van der Waals surface area contributed by atoms with E-state index in [1.807, 2.05) is 85.7 Å². The molecule has 442 valence electrons. The van der Waals surface area contributed by atoms with Crippen LogP contribution in [0.2, 0.25) is 0 Å². The van der Waals surface area contributed by atoms with Gasteiger partial charge in [-0.1, -0.05) is 43.3 Å². The van der Waals surface area contributed by atoms with E-state index in [9.17, 15) is 30.0 Å². The summed E-state index contributed by atoms with van der Waals surface area (Å²) in [5, 5.41) is 59.9. The molecule has 21 heteroatoms. The van der Waals surface area contributed by atoms with Crippen molar-refractivity contribution in [3.63, 3.8) is 0 Å². The molecule has 78 heavy (non-hydrogen) atoms. The van der Waals surface area contributed by atoms with Crippen LogP contribution in [0.15, 0.2) is 65.8 Å². The Morgan fingerprint density at radius 1 is 0.949 bits per heavy atom. The minimum Gasteiger partial charge on any atom is -0.489 e. The van der Waals surface area contributed by atoms with Gasteiger partial charge in [0, 0.05) is 55.3 Å². The summed E-state index contributed by atoms with van der Waals surface area (Å²) in [4.78, 5) is 32.9. The molecule has 21 nitrogen and oxygen atoms in total. The second-order valence-corrected chi connectivity index (χ2v) is 24.4. The van der Waals surface area contributed by atoms with Gasteiger partial charge in [0.25, 0.3) is 6.02 Å². The van der Waals surface area contributed by atoms with Crippen molar-refractivity contribution in [2.24, 2.45) is 22.6 Å². The second kappa shape index (κ2) is 28.0. The molecule has 2 amide bonds. The molecular formula is C57H95N7O14. The largest absolute Gasteiger partial charge is 0.489 e. The number of hydrogen-bond donors (Lipinski definition) is 9. The van der Waals surface area contributed by atoms with E-state index >= 15 is 0 Å². The fourth-order valence-electron chi connectivity index (χ4n) is 10.1. The molecule has 1 aliphatic carbocycles. The Morgan fingerprint density at radius 3 is 2.28 bits per heavy atom. The van der Waals surface area contributed by atoms with Crippen LogP contribution in [0.4, 0.5) is 9.59 Å². The molecule has 1 aromatic carbocycles. The Labute approximate surface area is 463 Å². The van der Waals surface area contributed by atoms with Crippen LogP contribution < -0.4 is 27.0 Å². The van der Waals surface area contributed by atoms with Crippen LogP contribution in [-0.4, -0.2) is 173 Å². The predicted octanol–water partition coefficient (Wildman–Crippen LogP) is 5.13. The SMILES string of the molecule is C=C(NCC1=CC[C@@H](NCC2CCCN2C(=O)OC(C)(C)C)[C@@H](COC[C@@H]2C(NC(=O)OC(C)(C)C)C[C@@H](NC(=C)[C@@H](O)CCN=C(N)OC(C)(C)C)[C@H](OC3OC[C@](C)(O)[C@H](CC)[C@H]3O)[C@H]2O)O1)OCc1ccc(C)cc1. The average Bonchev–Trinajstić information content (AvgIpc) is 3.80. The molecule has 3 fully saturated rings. The maximum absolute atomic E-state index is 13.6. The quantitative estimate of drug-likeness (QED) is 0.0390. The molecule has 3 heterocycles. The number of aryl methyl sites for hydroxylation is 1. The number of benzene rings is 1. The van der Waals surface area contributed by atoms with Crippen molar-refractivity contribution in [3.8, 4) is 0 Å². The number of aliphatic imine (C=N–C) groups is 1. The third-order valence-electron chi connectivity index (χ3n) is 14.1. The topological polar surface area (TPSA) is 279 Å². The fraction of sp³-hybridized carbons (Fsp3) is 0.737. The van der Waals surface area contributed by atoms with Gasteiger partial charge in [0.2, 0.25) is 0 Å². The number of carbonyl (C=O) groups is 2. The fourth-order valence-corrected chi connectivity index (χ4v) is 10.1. The van der Waals surface area contributed by atoms with Gasteiger partial charge >= 0.3 is 12.2 Å². The summed E-state index contributed by atoms with van der Waals surface area (Å²) in [5.74, 6) is -0.474. The summed E-state index contributed by atoms with van der Waals surface area (Å²) >= 11 is 0. The third-order valence-corrected chi connectivity index (χ3v) is 14.1. The minimum absolute atomic E-state index is 0.0232. The lowest BCUT2D eigenvalue weighted by molar-refractivity contribution is -0.307. The highest BCUT2D eigenvalue weighted by molar-refractivity contribution is 5.71. The van der Waals surface area contributed by atoms with Crippen LogP contribution in [-0.2, 0) is 44.5 Å². The smallest absolute Gasteiger partial charge is 0.410 e. The molecule has 3 unspecified atom stereocenters. The van der Waals surface area contributed by atoms with Crippen LogP contribution in [0.5, 0.6) is 0 Å². The number of amidine groups is 1. The molecule has 0 radical (unpaired) electrons. The number of hydrogen-bond acceptors (Lipinski definition) is 18. The molecule has 10 N–H and O–H groups in total. The van der Waals surface area contributed by atoms with E-state index in [4.69, 9.17) is 43.6 Å². The van der Waals surface area contributed by atoms with Crippen molar-refractivity contribution in [2.45, 2.75) is 212 Å². The van der Waals surface area contributed by atoms with Crippen LogP contribution in [0.25, 0.3) is 0 Å². The van der Waals surface area contributed by atoms with E-state index in [1.165, 1.54) is 0 Å². The van der Waals surface area contributed by atoms with E-state index < -0.39 is 89.2 Å². The van der Waals surface area contributed by atoms with Crippen molar-refractivity contribution < 1.29 is 67.9 Å². The van der Waals surface area contributed by atoms with Gasteiger partial charge in [-0.15, -0.1) is 0 Å². The summed E-state index contributed by atoms with van der Waals surface area (Å²) in [6.45, 7) is 31.5. The van der Waals surface area contributed by atoms with Crippen molar-refractivity contribution in [1.29, 1.82) is 0 Å². The van der Waals surface area contributed by atoms with Crippen molar-refractivity contribution in [2.75, 3.05) is 46.0 Å². The predicted molar refractivity (Wildman–Crippen MR) is 296 cm³/mol. The second-order valence-electron chi connectivity index (χ2n) is 24.4. The summed E-state index contributed by atoms with van der Waals surface area (Å²) < 4.78 is 48.8. The lowest BCUT2D eigenvalue weighted by atomic mass is 9.77. The molecule has 1 saturated carbocycles. The van der Waals surface area contributed by atoms with Crippen molar-refractivity contribution in [1.82, 2.24) is 26.2 Å². The molecule has 5 rings (SSSR count). The van der Waals surface area contributed by atoms with Gasteiger partial charge < -0.3 is 90.2 Å². The van der Waals surface area contributed by atoms with Crippen LogP contribution in [0.3, 0.4) is 0 Å². The number of nitrogens with one attached hydrogen (secondary N) is 4. The lowest BCUT2D eigenvalue weighted by Crippen LogP contribution is -2.65. The number of nitrogens with two attached hydrogens (primary N) is 1. The Bertz CT molecular complexity index is 2170. The van der Waals surface area contributed by atoms with Gasteiger partial charge in [-0.3, -0.25) is 0 Å². The number of aliphatic hydroxyl groups excluding tert-OH is 3. The van der Waals surface area contributed by atoms with E-state index in [2.05, 4.69) is 39.4 Å². The van der Waals surface area contributed by atoms with Gasteiger partial charge in [0.1, 0.15) is 47.5 Å². The van der Waals surface area contributed by atoms with Gasteiger partial charge in [0.05, 0.1) is 50.2 Å². The first-order valence-corrected chi connectivity index (χ1v) is 27.7. The van der Waals surface area contributed by atoms with E-state index in [1.54, 1.807) is 32.6 Å². The van der Waals surface area contributed by atoms with Gasteiger partial charge in [0.15, 0.2) is 12.2 Å². The summed E-state index contributed by atoms with van der Waals surface area (Å²) in [5.41, 5.74) is 4.89. The van der Waals surface area contributed by atoms with Crippen LogP contribution in [0, 0.1) is 18.8 Å². The number of amides is 2. The van der Waals surface area contributed by atoms with E-state index in [-0.39, 0.29) is 75.6 Å². The maximum atomic E-state index is 13.6. The number of likely N-dealkylation sites (tertiary alicyclic amines) is 1. The standard InChI is InChI=1S/C57H95N7O14/c1-15-41-48(67)50(73-33-57(41,14)70)75-49-44(62-35(3)45(65)24-25-59-51(58)76-54(5,6)7)27-43(63-52(68)77-55(8,9)10)40(47(49)66)31-71-32-46-42(61-28-38-17-16-26-64(38)53(69)78-56(11,12)13)23-22-39(74-46)29-60-36(4)72-30-37-20-18-34(2)19-21-37/h18-22,38,40-50,60-62,65-67,70H,3-4,15-17,23-33H2,1-2,5-14H3,(H2,58,59)(H,63,68)/t38?,40-,41-,42-,43?,44-,45+,46-,47+,48-,49+,50?,57+/m1/s1. The van der Waals surface area contributed by atoms with E-state index in [0.717, 1.165) is 24.0 Å². The molecule has 1 aromatic rings. The van der Waals surface area contributed by atoms with Crippen LogP contribution >= 0.6 is 0 Å². The Hall–Kier alpha value is -4.87. The number of ether oxygens (including phenoxy) is 8. The number of aliphatic hydroxyl groups is 4. The van der Waals surface area contributed by atoms with Crippen molar-refractivity contribution >= 4 is 18.2 Å². The Kier molecular flexibility index (Phi) is 23.0. The molecular weight excluding hydrogens is 1010 g/mol. The molecule has 4 aliphatic rings. The number of nitrogens with zero attached hydrogens (tertiary/aromatic N) is 2. The highest BCUT2D eigenvalue weighted by Crippen LogP contribution is 2.37. The molecule has 0 spiro atoms. The summed E-state index contributed by atoms with van der Waals surface area (Å²) in [7, 11) is 0. The average molecular weight is 1100 g/mol. The zero-order valence-electron chi connectivity index (χ0n) is 48.5. The zero-order valence-corrected chi connectivity index (χ0v) is 48.5. The molecule has 0 aromatic heterocycles. The highest BCUT2D eigenvalue weighted by atomic mass is 16.7. The number of alkyl carbamates (subject to hydrolysis) is 1. The molecule has 3 aliphatic heterocycles. The molecule has 0 bridgehead atoms. The number of carbonyl (C=O) groups excluding carboxylic acids is 2. The monoisotopic (exact) mass is 1100 g/mol. The molecule has 2 saturated heterocycles.